The van der Waals surface area contributed by atoms with Crippen molar-refractivity contribution in [1.82, 2.24) is 39.9 Å². The molecule has 246 valence electrons. The highest BCUT2D eigenvalue weighted by Crippen LogP contribution is 2.39. The summed E-state index contributed by atoms with van der Waals surface area (Å²) in [5.74, 6) is -1.20. The number of alkyl halides is 6. The molecular formula is C26H14Cl2F6N12O2. The number of benzene rings is 2. The lowest BCUT2D eigenvalue weighted by Crippen LogP contribution is -2.12. The Morgan fingerprint density at radius 2 is 1.10 bits per heavy atom. The quantitative estimate of drug-likeness (QED) is 0.0536. The SMILES string of the molecule is Nc1c(Nc2nc(Cl)ncc2C(F)(F)F)ccc2nccnc12.O=[N+]([O-])c1c(Nc2nc(Cl)ncc2C(F)(F)F)ccc2nccnc12. The van der Waals surface area contributed by atoms with E-state index in [2.05, 4.69) is 50.5 Å². The van der Waals surface area contributed by atoms with E-state index < -0.39 is 51.0 Å². The Bertz CT molecular complexity index is 2170. The Morgan fingerprint density at radius 3 is 1.60 bits per heavy atom. The third kappa shape index (κ3) is 7.28. The topological polar surface area (TPSA) is 196 Å². The minimum absolute atomic E-state index is 0.0776. The molecule has 0 aliphatic carbocycles. The molecule has 0 spiro atoms. The lowest BCUT2D eigenvalue weighted by Gasteiger charge is -2.15. The van der Waals surface area contributed by atoms with Crippen LogP contribution in [-0.2, 0) is 12.4 Å². The molecule has 48 heavy (non-hydrogen) atoms. The third-order valence-electron chi connectivity index (χ3n) is 6.11. The summed E-state index contributed by atoms with van der Waals surface area (Å²) in [6.45, 7) is 0. The number of nitrogens with two attached hydrogens (primary N) is 1. The van der Waals surface area contributed by atoms with Gasteiger partial charge in [0.25, 0.3) is 0 Å². The molecule has 4 aromatic heterocycles. The minimum Gasteiger partial charge on any atom is -0.395 e. The van der Waals surface area contributed by atoms with Gasteiger partial charge in [-0.1, -0.05) is 0 Å². The summed E-state index contributed by atoms with van der Waals surface area (Å²) in [5.41, 5.74) is 4.28. The molecule has 0 aliphatic rings. The average Bonchev–Trinajstić information content (AvgIpc) is 3.01. The van der Waals surface area contributed by atoms with Gasteiger partial charge >= 0.3 is 18.0 Å². The highest BCUT2D eigenvalue weighted by Gasteiger charge is 2.37. The number of nitrogens with zero attached hydrogens (tertiary/aromatic N) is 9. The van der Waals surface area contributed by atoms with Crippen molar-refractivity contribution in [1.29, 1.82) is 0 Å². The van der Waals surface area contributed by atoms with Crippen LogP contribution in [0.25, 0.3) is 22.1 Å². The molecule has 0 saturated carbocycles. The summed E-state index contributed by atoms with van der Waals surface area (Å²) in [7, 11) is 0. The molecule has 0 fully saturated rings. The monoisotopic (exact) mass is 710 g/mol. The summed E-state index contributed by atoms with van der Waals surface area (Å²) in [6, 6.07) is 5.67. The van der Waals surface area contributed by atoms with Crippen LogP contribution in [0.2, 0.25) is 10.6 Å². The van der Waals surface area contributed by atoms with E-state index in [-0.39, 0.29) is 33.4 Å². The lowest BCUT2D eigenvalue weighted by molar-refractivity contribution is -0.382. The first-order valence-corrected chi connectivity index (χ1v) is 13.5. The van der Waals surface area contributed by atoms with Crippen molar-refractivity contribution in [2.75, 3.05) is 16.4 Å². The molecule has 4 heterocycles. The molecule has 22 heteroatoms. The standard InChI is InChI=1S/C13H6ClF3N6O2.C13H8ClF3N6/c14-12-20-5-6(13(15,16)17)11(22-12)21-8-2-1-7-9(10(8)23(24)25)19-4-3-18-7;14-12-21-5-6(13(15,16)17)11(23-12)22-7-1-2-8-10(9(7)18)20-4-3-19-8/h1-5H,(H,20,21,22);1-5H,18H2,(H,21,22,23). The van der Waals surface area contributed by atoms with Gasteiger partial charge in [-0.15, -0.1) is 0 Å². The molecule has 0 radical (unpaired) electrons. The number of nitrogen functional groups attached to an aromatic ring is 1. The van der Waals surface area contributed by atoms with Gasteiger partial charge in [-0.05, 0) is 47.5 Å². The Hall–Kier alpha value is -5.76. The second-order valence-electron chi connectivity index (χ2n) is 9.14. The second-order valence-corrected chi connectivity index (χ2v) is 9.82. The Morgan fingerprint density at radius 1 is 0.667 bits per heavy atom. The zero-order valence-electron chi connectivity index (χ0n) is 23.2. The summed E-state index contributed by atoms with van der Waals surface area (Å²) in [6.07, 6.45) is -2.82. The van der Waals surface area contributed by atoms with Crippen molar-refractivity contribution < 1.29 is 31.3 Å². The van der Waals surface area contributed by atoms with E-state index in [1.165, 1.54) is 43.0 Å². The summed E-state index contributed by atoms with van der Waals surface area (Å²) >= 11 is 11.1. The highest BCUT2D eigenvalue weighted by atomic mass is 35.5. The van der Waals surface area contributed by atoms with Crippen LogP contribution in [0.15, 0.2) is 61.4 Å². The predicted molar refractivity (Wildman–Crippen MR) is 161 cm³/mol. The lowest BCUT2D eigenvalue weighted by atomic mass is 10.2. The van der Waals surface area contributed by atoms with Gasteiger partial charge in [-0.3, -0.25) is 25.1 Å². The van der Waals surface area contributed by atoms with Gasteiger partial charge in [0.15, 0.2) is 5.52 Å². The van der Waals surface area contributed by atoms with Crippen molar-refractivity contribution >= 4 is 79.7 Å². The van der Waals surface area contributed by atoms with Crippen LogP contribution in [0, 0.1) is 10.1 Å². The number of anilines is 5. The molecule has 6 aromatic rings. The van der Waals surface area contributed by atoms with Crippen molar-refractivity contribution in [3.8, 4) is 0 Å². The predicted octanol–water partition coefficient (Wildman–Crippen LogP) is 7.16. The fourth-order valence-electron chi connectivity index (χ4n) is 4.06. The molecule has 0 bridgehead atoms. The molecule has 0 amide bonds. The van der Waals surface area contributed by atoms with E-state index in [0.29, 0.717) is 23.4 Å². The van der Waals surface area contributed by atoms with E-state index in [0.717, 1.165) is 0 Å². The van der Waals surface area contributed by atoms with Crippen LogP contribution in [0.3, 0.4) is 0 Å². The van der Waals surface area contributed by atoms with Gasteiger partial charge < -0.3 is 16.4 Å². The minimum atomic E-state index is -4.78. The van der Waals surface area contributed by atoms with E-state index >= 15 is 0 Å². The van der Waals surface area contributed by atoms with Gasteiger partial charge in [0.1, 0.15) is 34.0 Å². The van der Waals surface area contributed by atoms with Gasteiger partial charge in [-0.2, -0.15) is 36.3 Å². The van der Waals surface area contributed by atoms with E-state index in [1.54, 1.807) is 6.07 Å². The molecule has 4 N–H and O–H groups in total. The van der Waals surface area contributed by atoms with Crippen LogP contribution >= 0.6 is 23.2 Å². The number of rotatable bonds is 5. The largest absolute Gasteiger partial charge is 0.421 e. The number of nitro benzene ring substituents is 1. The maximum absolute atomic E-state index is 13.1. The molecule has 2 aromatic carbocycles. The number of hydrogen-bond donors (Lipinski definition) is 3. The fraction of sp³-hybridized carbons (Fsp3) is 0.0769. The summed E-state index contributed by atoms with van der Waals surface area (Å²) in [4.78, 5) is 40.3. The first-order chi connectivity index (χ1) is 22.6. The second kappa shape index (κ2) is 13.2. The van der Waals surface area contributed by atoms with Crippen LogP contribution in [0.5, 0.6) is 0 Å². The van der Waals surface area contributed by atoms with E-state index in [9.17, 15) is 36.5 Å². The maximum Gasteiger partial charge on any atom is 0.421 e. The first kappa shape index (κ1) is 33.6. The van der Waals surface area contributed by atoms with E-state index in [4.69, 9.17) is 28.9 Å². The Balaban J connectivity index is 0.000000188. The molecule has 0 aliphatic heterocycles. The molecule has 14 nitrogen and oxygen atoms in total. The first-order valence-electron chi connectivity index (χ1n) is 12.7. The number of nitro groups is 1. The smallest absolute Gasteiger partial charge is 0.395 e. The van der Waals surface area contributed by atoms with Crippen LogP contribution < -0.4 is 16.4 Å². The number of halogens is 8. The fourth-order valence-corrected chi connectivity index (χ4v) is 4.32. The number of aromatic nitrogens is 8. The van der Waals surface area contributed by atoms with Crippen LogP contribution in [0.4, 0.5) is 60.7 Å². The Kier molecular flexibility index (Phi) is 9.21. The summed E-state index contributed by atoms with van der Waals surface area (Å²) < 4.78 is 78.3. The van der Waals surface area contributed by atoms with Gasteiger partial charge in [0.2, 0.25) is 10.6 Å². The van der Waals surface area contributed by atoms with Crippen molar-refractivity contribution in [2.24, 2.45) is 0 Å². The van der Waals surface area contributed by atoms with E-state index in [1.807, 2.05) is 0 Å². The van der Waals surface area contributed by atoms with Gasteiger partial charge in [0, 0.05) is 37.2 Å². The van der Waals surface area contributed by atoms with Crippen molar-refractivity contribution in [2.45, 2.75) is 12.4 Å². The summed E-state index contributed by atoms with van der Waals surface area (Å²) in [5, 5.41) is 15.5. The molecule has 0 saturated heterocycles. The number of nitrogens with one attached hydrogen (secondary N) is 2. The van der Waals surface area contributed by atoms with Crippen molar-refractivity contribution in [3.05, 3.63) is 93.3 Å². The zero-order chi connectivity index (χ0) is 34.8. The average molecular weight is 711 g/mol. The van der Waals surface area contributed by atoms with Gasteiger partial charge in [0.05, 0.1) is 27.3 Å². The Labute approximate surface area is 272 Å². The maximum atomic E-state index is 13.1. The third-order valence-corrected chi connectivity index (χ3v) is 6.48. The normalized spacial score (nSPS) is 11.6. The highest BCUT2D eigenvalue weighted by molar-refractivity contribution is 6.28. The van der Waals surface area contributed by atoms with Crippen LogP contribution in [-0.4, -0.2) is 44.8 Å². The molecule has 6 rings (SSSR count). The number of fused-ring (bicyclic) bond motifs is 2. The van der Waals surface area contributed by atoms with Crippen molar-refractivity contribution in [3.63, 3.8) is 0 Å². The molecular weight excluding hydrogens is 697 g/mol. The number of hydrogen-bond acceptors (Lipinski definition) is 13. The zero-order valence-corrected chi connectivity index (χ0v) is 24.7. The molecule has 0 atom stereocenters. The molecule has 0 unspecified atom stereocenters. The van der Waals surface area contributed by atoms with Gasteiger partial charge in [-0.25, -0.2) is 15.0 Å². The van der Waals surface area contributed by atoms with Crippen LogP contribution in [0.1, 0.15) is 11.1 Å².